The molecule has 2 aromatic carbocycles. The summed E-state index contributed by atoms with van der Waals surface area (Å²) < 4.78 is 32.0. The Morgan fingerprint density at radius 3 is 2.71 bits per heavy atom. The molecule has 0 spiro atoms. The monoisotopic (exact) mass is 427 g/mol. The summed E-state index contributed by atoms with van der Waals surface area (Å²) in [6.45, 7) is 3.15. The molecule has 0 aliphatic carbocycles. The van der Waals surface area contributed by atoms with E-state index in [0.717, 1.165) is 33.7 Å². The molecule has 0 saturated carbocycles. The lowest BCUT2D eigenvalue weighted by atomic mass is 9.91. The number of hydrogen-bond donors (Lipinski definition) is 2. The number of rotatable bonds is 4. The number of benzene rings is 2. The van der Waals surface area contributed by atoms with Crippen molar-refractivity contribution in [3.05, 3.63) is 76.0 Å². The molecule has 7 nitrogen and oxygen atoms in total. The smallest absolute Gasteiger partial charge is 0.338 e. The summed E-state index contributed by atoms with van der Waals surface area (Å²) in [5.41, 5.74) is 2.94. The van der Waals surface area contributed by atoms with Crippen molar-refractivity contribution in [3.8, 4) is 0 Å². The summed E-state index contributed by atoms with van der Waals surface area (Å²) >= 11 is 0. The van der Waals surface area contributed by atoms with Crippen LogP contribution < -0.4 is 10.6 Å². The molecule has 2 aliphatic rings. The normalized spacial score (nSPS) is 17.9. The standard InChI is InChI=1S/C22H19F2N3O4/c1-11-3-4-12(2)14(7-11)20-19-17(10-31-21(19)29)27(22(30)26-20)9-18(28)25-16-6-5-13(23)8-15(16)24/h3-8,20H,9-10H2,1-2H3,(H,25,28)(H,26,30). The number of nitrogens with zero attached hydrogens (tertiary/aromatic N) is 1. The highest BCUT2D eigenvalue weighted by molar-refractivity contribution is 6.00. The van der Waals surface area contributed by atoms with Gasteiger partial charge in [-0.1, -0.05) is 23.8 Å². The number of esters is 1. The van der Waals surface area contributed by atoms with Gasteiger partial charge in [-0.15, -0.1) is 0 Å². The maximum absolute atomic E-state index is 13.8. The molecule has 160 valence electrons. The zero-order valence-corrected chi connectivity index (χ0v) is 16.8. The number of carbonyl (C=O) groups excluding carboxylic acids is 3. The van der Waals surface area contributed by atoms with Gasteiger partial charge in [0, 0.05) is 6.07 Å². The molecule has 2 aromatic rings. The van der Waals surface area contributed by atoms with Crippen LogP contribution in [0.15, 0.2) is 47.7 Å². The molecule has 2 heterocycles. The van der Waals surface area contributed by atoms with Gasteiger partial charge in [0.05, 0.1) is 23.0 Å². The molecular weight excluding hydrogens is 408 g/mol. The van der Waals surface area contributed by atoms with Gasteiger partial charge in [-0.05, 0) is 37.1 Å². The molecule has 0 fully saturated rings. The molecule has 0 aromatic heterocycles. The fourth-order valence-electron chi connectivity index (χ4n) is 3.71. The Kier molecular flexibility index (Phi) is 5.18. The van der Waals surface area contributed by atoms with Crippen molar-refractivity contribution in [1.29, 1.82) is 0 Å². The van der Waals surface area contributed by atoms with E-state index >= 15 is 0 Å². The Morgan fingerprint density at radius 2 is 1.97 bits per heavy atom. The maximum atomic E-state index is 13.8. The lowest BCUT2D eigenvalue weighted by Gasteiger charge is -2.33. The number of anilines is 1. The number of hydrogen-bond acceptors (Lipinski definition) is 4. The number of urea groups is 1. The van der Waals surface area contributed by atoms with Crippen molar-refractivity contribution in [1.82, 2.24) is 10.2 Å². The van der Waals surface area contributed by atoms with E-state index in [1.54, 1.807) is 0 Å². The number of nitrogens with one attached hydrogen (secondary N) is 2. The fraction of sp³-hybridized carbons (Fsp3) is 0.227. The third-order valence-electron chi connectivity index (χ3n) is 5.25. The lowest BCUT2D eigenvalue weighted by molar-refractivity contribution is -0.136. The van der Waals surface area contributed by atoms with E-state index in [0.29, 0.717) is 6.07 Å². The average Bonchev–Trinajstić information content (AvgIpc) is 3.10. The van der Waals surface area contributed by atoms with Crippen LogP contribution in [0.1, 0.15) is 22.7 Å². The zero-order valence-electron chi connectivity index (χ0n) is 16.8. The van der Waals surface area contributed by atoms with Gasteiger partial charge >= 0.3 is 12.0 Å². The molecule has 2 N–H and O–H groups in total. The number of cyclic esters (lactones) is 1. The van der Waals surface area contributed by atoms with Crippen LogP contribution >= 0.6 is 0 Å². The summed E-state index contributed by atoms with van der Waals surface area (Å²) in [5.74, 6) is -3.00. The van der Waals surface area contributed by atoms with Crippen molar-refractivity contribution in [2.24, 2.45) is 0 Å². The van der Waals surface area contributed by atoms with E-state index in [9.17, 15) is 23.2 Å². The second kappa shape index (κ2) is 7.82. The second-order valence-corrected chi connectivity index (χ2v) is 7.44. The maximum Gasteiger partial charge on any atom is 0.338 e. The largest absolute Gasteiger partial charge is 0.456 e. The molecule has 4 rings (SSSR count). The van der Waals surface area contributed by atoms with Crippen LogP contribution in [-0.2, 0) is 14.3 Å². The van der Waals surface area contributed by atoms with Crippen LogP contribution in [0.5, 0.6) is 0 Å². The van der Waals surface area contributed by atoms with Crippen LogP contribution in [0.2, 0.25) is 0 Å². The van der Waals surface area contributed by atoms with Gasteiger partial charge in [-0.25, -0.2) is 18.4 Å². The Balaban J connectivity index is 1.62. The predicted molar refractivity (Wildman–Crippen MR) is 107 cm³/mol. The molecule has 1 unspecified atom stereocenters. The van der Waals surface area contributed by atoms with Crippen molar-refractivity contribution >= 4 is 23.6 Å². The van der Waals surface area contributed by atoms with Crippen LogP contribution in [0.3, 0.4) is 0 Å². The van der Waals surface area contributed by atoms with Gasteiger partial charge in [0.15, 0.2) is 0 Å². The van der Waals surface area contributed by atoms with E-state index in [4.69, 9.17) is 4.74 Å². The summed E-state index contributed by atoms with van der Waals surface area (Å²) in [5, 5.41) is 5.07. The SMILES string of the molecule is Cc1ccc(C)c(C2NC(=O)N(CC(=O)Nc3ccc(F)cc3F)C3=C2C(=O)OC3)c1. The number of amides is 3. The molecule has 3 amide bonds. The van der Waals surface area contributed by atoms with Crippen molar-refractivity contribution in [3.63, 3.8) is 0 Å². The number of halogens is 2. The number of ether oxygens (including phenoxy) is 1. The molecule has 0 saturated heterocycles. The van der Waals surface area contributed by atoms with Gasteiger partial charge in [0.25, 0.3) is 0 Å². The minimum absolute atomic E-state index is 0.152. The lowest BCUT2D eigenvalue weighted by Crippen LogP contribution is -2.49. The molecule has 1 atom stereocenters. The topological polar surface area (TPSA) is 87.7 Å². The van der Waals surface area contributed by atoms with E-state index < -0.39 is 42.1 Å². The van der Waals surface area contributed by atoms with E-state index in [2.05, 4.69) is 10.6 Å². The molecule has 0 radical (unpaired) electrons. The minimum Gasteiger partial charge on any atom is -0.456 e. The second-order valence-electron chi connectivity index (χ2n) is 7.44. The molecule has 0 bridgehead atoms. The van der Waals surface area contributed by atoms with Crippen molar-refractivity contribution in [2.45, 2.75) is 19.9 Å². The number of carbonyl (C=O) groups is 3. The van der Waals surface area contributed by atoms with Gasteiger partial charge in [-0.2, -0.15) is 0 Å². The Hall–Kier alpha value is -3.75. The van der Waals surface area contributed by atoms with Crippen LogP contribution in [0, 0.1) is 25.5 Å². The third-order valence-corrected chi connectivity index (χ3v) is 5.25. The fourth-order valence-corrected chi connectivity index (χ4v) is 3.71. The first kappa shape index (κ1) is 20.5. The van der Waals surface area contributed by atoms with Gasteiger partial charge in [0.2, 0.25) is 5.91 Å². The third kappa shape index (κ3) is 3.86. The van der Waals surface area contributed by atoms with E-state index in [-0.39, 0.29) is 23.6 Å². The van der Waals surface area contributed by atoms with Crippen molar-refractivity contribution in [2.75, 3.05) is 18.5 Å². The van der Waals surface area contributed by atoms with E-state index in [1.807, 2.05) is 32.0 Å². The average molecular weight is 427 g/mol. The molecule has 31 heavy (non-hydrogen) atoms. The van der Waals surface area contributed by atoms with E-state index in [1.165, 1.54) is 0 Å². The first-order valence-corrected chi connectivity index (χ1v) is 9.55. The minimum atomic E-state index is -0.939. The predicted octanol–water partition coefficient (Wildman–Crippen LogP) is 3.10. The zero-order chi connectivity index (χ0) is 22.3. The van der Waals surface area contributed by atoms with Crippen LogP contribution in [-0.4, -0.2) is 36.0 Å². The van der Waals surface area contributed by atoms with Gasteiger partial charge < -0.3 is 15.4 Å². The summed E-state index contributed by atoms with van der Waals surface area (Å²) in [4.78, 5) is 38.8. The van der Waals surface area contributed by atoms with Crippen LogP contribution in [0.4, 0.5) is 19.3 Å². The quantitative estimate of drug-likeness (QED) is 0.734. The van der Waals surface area contributed by atoms with Crippen LogP contribution in [0.25, 0.3) is 0 Å². The first-order valence-electron chi connectivity index (χ1n) is 9.55. The highest BCUT2D eigenvalue weighted by Gasteiger charge is 2.43. The Labute approximate surface area is 176 Å². The summed E-state index contributed by atoms with van der Waals surface area (Å²) in [6.07, 6.45) is 0. The summed E-state index contributed by atoms with van der Waals surface area (Å²) in [6, 6.07) is 7.15. The van der Waals surface area contributed by atoms with Gasteiger partial charge in [-0.3, -0.25) is 9.69 Å². The number of aryl methyl sites for hydroxylation is 2. The Morgan fingerprint density at radius 1 is 1.19 bits per heavy atom. The van der Waals surface area contributed by atoms with Gasteiger partial charge in [0.1, 0.15) is 24.8 Å². The molecule has 2 aliphatic heterocycles. The summed E-state index contributed by atoms with van der Waals surface area (Å²) in [7, 11) is 0. The first-order chi connectivity index (χ1) is 14.7. The molecular formula is C22H19F2N3O4. The molecule has 9 heteroatoms. The highest BCUT2D eigenvalue weighted by Crippen LogP contribution is 2.36. The Bertz CT molecular complexity index is 1150. The highest BCUT2D eigenvalue weighted by atomic mass is 19.1. The van der Waals surface area contributed by atoms with Crippen molar-refractivity contribution < 1.29 is 27.9 Å².